The normalized spacial score (nSPS) is 13.0. The Labute approximate surface area is 158 Å². The average Bonchev–Trinajstić information content (AvgIpc) is 3.28. The standard InChI is InChI=1S/C20H23N7/c1-20(2,3)18(15-11-22-26(4)12-15)25-17-10-16(14-8-6-5-7-9-14)24-19-21-13-23-27(17)19/h5-13,18,25H,1-4H3. The maximum atomic E-state index is 4.65. The molecule has 0 saturated carbocycles. The van der Waals surface area contributed by atoms with Crippen molar-refractivity contribution >= 4 is 11.6 Å². The number of aromatic nitrogens is 6. The monoisotopic (exact) mass is 361 g/mol. The van der Waals surface area contributed by atoms with Gasteiger partial charge in [-0.2, -0.15) is 19.7 Å². The Morgan fingerprint density at radius 2 is 1.85 bits per heavy atom. The van der Waals surface area contributed by atoms with Crippen molar-refractivity contribution in [2.24, 2.45) is 12.5 Å². The second kappa shape index (κ2) is 6.50. The lowest BCUT2D eigenvalue weighted by molar-refractivity contribution is 0.346. The number of fused-ring (bicyclic) bond motifs is 1. The van der Waals surface area contributed by atoms with Crippen molar-refractivity contribution in [3.05, 3.63) is 60.7 Å². The number of nitrogens with zero attached hydrogens (tertiary/aromatic N) is 6. The third-order valence-electron chi connectivity index (χ3n) is 4.54. The van der Waals surface area contributed by atoms with Crippen molar-refractivity contribution in [3.8, 4) is 11.3 Å². The van der Waals surface area contributed by atoms with Gasteiger partial charge in [-0.05, 0) is 5.41 Å². The lowest BCUT2D eigenvalue weighted by Gasteiger charge is -2.31. The van der Waals surface area contributed by atoms with Gasteiger partial charge in [0, 0.05) is 30.4 Å². The number of aryl methyl sites for hydroxylation is 1. The second-order valence-electron chi connectivity index (χ2n) is 7.76. The molecule has 7 nitrogen and oxygen atoms in total. The zero-order chi connectivity index (χ0) is 19.0. The van der Waals surface area contributed by atoms with Gasteiger partial charge in [-0.15, -0.1) is 0 Å². The molecule has 1 N–H and O–H groups in total. The first kappa shape index (κ1) is 17.2. The Hall–Kier alpha value is -3.22. The number of rotatable bonds is 4. The Kier molecular flexibility index (Phi) is 4.14. The summed E-state index contributed by atoms with van der Waals surface area (Å²) in [5.74, 6) is 1.41. The van der Waals surface area contributed by atoms with E-state index in [0.717, 1.165) is 22.6 Å². The molecule has 3 aromatic heterocycles. The molecule has 138 valence electrons. The smallest absolute Gasteiger partial charge is 0.254 e. The number of hydrogen-bond acceptors (Lipinski definition) is 5. The Bertz CT molecular complexity index is 1060. The van der Waals surface area contributed by atoms with Crippen LogP contribution in [0.5, 0.6) is 0 Å². The van der Waals surface area contributed by atoms with Gasteiger partial charge >= 0.3 is 0 Å². The first-order valence-electron chi connectivity index (χ1n) is 8.93. The van der Waals surface area contributed by atoms with Crippen molar-refractivity contribution < 1.29 is 0 Å². The van der Waals surface area contributed by atoms with Crippen molar-refractivity contribution in [2.75, 3.05) is 5.32 Å². The molecule has 0 aliphatic carbocycles. The fraction of sp³-hybridized carbons (Fsp3) is 0.300. The Morgan fingerprint density at radius 3 is 2.52 bits per heavy atom. The average molecular weight is 361 g/mol. The third kappa shape index (κ3) is 3.40. The molecular weight excluding hydrogens is 338 g/mol. The van der Waals surface area contributed by atoms with Gasteiger partial charge < -0.3 is 5.32 Å². The minimum atomic E-state index is -0.0356. The maximum Gasteiger partial charge on any atom is 0.254 e. The van der Waals surface area contributed by atoms with Crippen LogP contribution in [-0.2, 0) is 7.05 Å². The van der Waals surface area contributed by atoms with E-state index >= 15 is 0 Å². The van der Waals surface area contributed by atoms with Crippen LogP contribution in [0.15, 0.2) is 55.1 Å². The molecule has 0 spiro atoms. The third-order valence-corrected chi connectivity index (χ3v) is 4.54. The highest BCUT2D eigenvalue weighted by Crippen LogP contribution is 2.36. The molecule has 0 saturated heterocycles. The van der Waals surface area contributed by atoms with Gasteiger partial charge in [-0.1, -0.05) is 51.1 Å². The van der Waals surface area contributed by atoms with E-state index < -0.39 is 0 Å². The molecule has 1 atom stereocenters. The van der Waals surface area contributed by atoms with E-state index in [2.05, 4.69) is 46.3 Å². The van der Waals surface area contributed by atoms with Crippen LogP contribution in [0.1, 0.15) is 32.4 Å². The Balaban J connectivity index is 1.81. The van der Waals surface area contributed by atoms with E-state index in [1.165, 1.54) is 6.33 Å². The van der Waals surface area contributed by atoms with Gasteiger partial charge in [0.05, 0.1) is 17.9 Å². The van der Waals surface area contributed by atoms with E-state index in [1.807, 2.05) is 60.5 Å². The highest BCUT2D eigenvalue weighted by atomic mass is 15.4. The van der Waals surface area contributed by atoms with Crippen LogP contribution in [0.25, 0.3) is 17.0 Å². The van der Waals surface area contributed by atoms with Crippen LogP contribution in [0, 0.1) is 5.41 Å². The second-order valence-corrected chi connectivity index (χ2v) is 7.76. The molecule has 0 radical (unpaired) electrons. The maximum absolute atomic E-state index is 4.65. The van der Waals surface area contributed by atoms with Crippen LogP contribution in [0.4, 0.5) is 5.82 Å². The summed E-state index contributed by atoms with van der Waals surface area (Å²) < 4.78 is 3.56. The molecule has 0 aliphatic rings. The van der Waals surface area contributed by atoms with Crippen LogP contribution in [-0.4, -0.2) is 29.4 Å². The van der Waals surface area contributed by atoms with E-state index in [1.54, 1.807) is 4.52 Å². The molecule has 27 heavy (non-hydrogen) atoms. The summed E-state index contributed by atoms with van der Waals surface area (Å²) >= 11 is 0. The number of anilines is 1. The van der Waals surface area contributed by atoms with Crippen LogP contribution in [0.2, 0.25) is 0 Å². The highest BCUT2D eigenvalue weighted by Gasteiger charge is 2.28. The van der Waals surface area contributed by atoms with Gasteiger partial charge in [0.2, 0.25) is 0 Å². The van der Waals surface area contributed by atoms with E-state index in [0.29, 0.717) is 5.78 Å². The van der Waals surface area contributed by atoms with Gasteiger partial charge in [-0.25, -0.2) is 4.98 Å². The van der Waals surface area contributed by atoms with Crippen molar-refractivity contribution in [2.45, 2.75) is 26.8 Å². The molecule has 1 unspecified atom stereocenters. The summed E-state index contributed by atoms with van der Waals surface area (Å²) in [4.78, 5) is 8.94. The molecule has 4 aromatic rings. The minimum absolute atomic E-state index is 0.0356. The molecule has 0 aliphatic heterocycles. The highest BCUT2D eigenvalue weighted by molar-refractivity contribution is 5.65. The molecule has 0 fully saturated rings. The van der Waals surface area contributed by atoms with Gasteiger partial charge in [0.1, 0.15) is 12.1 Å². The lowest BCUT2D eigenvalue weighted by Crippen LogP contribution is -2.26. The molecule has 7 heteroatoms. The summed E-state index contributed by atoms with van der Waals surface area (Å²) in [7, 11) is 1.93. The fourth-order valence-electron chi connectivity index (χ4n) is 3.21. The predicted molar refractivity (Wildman–Crippen MR) is 105 cm³/mol. The first-order valence-corrected chi connectivity index (χ1v) is 8.93. The predicted octanol–water partition coefficient (Wildman–Crippen LogP) is 3.72. The van der Waals surface area contributed by atoms with E-state index in [4.69, 9.17) is 0 Å². The van der Waals surface area contributed by atoms with Gasteiger partial charge in [0.15, 0.2) is 0 Å². The van der Waals surface area contributed by atoms with Crippen molar-refractivity contribution in [1.29, 1.82) is 0 Å². The van der Waals surface area contributed by atoms with E-state index in [9.17, 15) is 0 Å². The van der Waals surface area contributed by atoms with Gasteiger partial charge in [0.25, 0.3) is 5.78 Å². The molecule has 3 heterocycles. The van der Waals surface area contributed by atoms with Crippen LogP contribution >= 0.6 is 0 Å². The van der Waals surface area contributed by atoms with Crippen LogP contribution in [0.3, 0.4) is 0 Å². The number of hydrogen-bond donors (Lipinski definition) is 1. The van der Waals surface area contributed by atoms with Gasteiger partial charge in [-0.3, -0.25) is 4.68 Å². The summed E-state index contributed by atoms with van der Waals surface area (Å²) in [5.41, 5.74) is 2.99. The molecule has 1 aromatic carbocycles. The zero-order valence-electron chi connectivity index (χ0n) is 16.0. The number of benzene rings is 1. The molecule has 0 amide bonds. The topological polar surface area (TPSA) is 72.9 Å². The fourth-order valence-corrected chi connectivity index (χ4v) is 3.21. The summed E-state index contributed by atoms with van der Waals surface area (Å²) in [6, 6.07) is 12.2. The molecular formula is C20H23N7. The van der Waals surface area contributed by atoms with Crippen molar-refractivity contribution in [1.82, 2.24) is 29.4 Å². The van der Waals surface area contributed by atoms with E-state index in [-0.39, 0.29) is 11.5 Å². The summed E-state index contributed by atoms with van der Waals surface area (Å²) in [6.07, 6.45) is 5.47. The quantitative estimate of drug-likeness (QED) is 0.600. The lowest BCUT2D eigenvalue weighted by atomic mass is 9.83. The first-order chi connectivity index (χ1) is 12.9. The summed E-state index contributed by atoms with van der Waals surface area (Å²) in [5, 5.41) is 12.3. The van der Waals surface area contributed by atoms with Crippen LogP contribution < -0.4 is 5.32 Å². The minimum Gasteiger partial charge on any atom is -0.362 e. The summed E-state index contributed by atoms with van der Waals surface area (Å²) in [6.45, 7) is 6.61. The van der Waals surface area contributed by atoms with Crippen molar-refractivity contribution in [3.63, 3.8) is 0 Å². The molecule has 4 rings (SSSR count). The Morgan fingerprint density at radius 1 is 1.07 bits per heavy atom. The number of nitrogens with one attached hydrogen (secondary N) is 1. The molecule has 0 bridgehead atoms. The largest absolute Gasteiger partial charge is 0.362 e. The SMILES string of the molecule is Cn1cc(C(Nc2cc(-c3ccccc3)nc3ncnn23)C(C)(C)C)cn1. The zero-order valence-corrected chi connectivity index (χ0v) is 16.0.